The molecule has 0 aliphatic carbocycles. The summed E-state index contributed by atoms with van der Waals surface area (Å²) in [7, 11) is 3.42. The second kappa shape index (κ2) is 8.59. The Bertz CT molecular complexity index is 952. The number of ether oxygens (including phenoxy) is 2. The molecule has 2 heterocycles. The van der Waals surface area contributed by atoms with E-state index in [1.165, 1.54) is 15.2 Å². The summed E-state index contributed by atoms with van der Waals surface area (Å²) in [6.07, 6.45) is 2.11. The van der Waals surface area contributed by atoms with E-state index in [0.717, 1.165) is 54.9 Å². The Labute approximate surface area is 174 Å². The molecule has 0 atom stereocenters. The minimum absolute atomic E-state index is 0.866. The SMILES string of the molecule is COc1ccc(OC)c(CN2CCN(c3nc4ccc(SC)cc4s3)CC2)c1. The van der Waals surface area contributed by atoms with E-state index >= 15 is 0 Å². The van der Waals surface area contributed by atoms with Gasteiger partial charge in [0.15, 0.2) is 5.13 Å². The largest absolute Gasteiger partial charge is 0.497 e. The Hall–Kier alpha value is -1.96. The number of hydrogen-bond donors (Lipinski definition) is 0. The third-order valence-electron chi connectivity index (χ3n) is 5.11. The Kier molecular flexibility index (Phi) is 5.94. The van der Waals surface area contributed by atoms with Gasteiger partial charge in [-0.15, -0.1) is 11.8 Å². The second-order valence-electron chi connectivity index (χ2n) is 6.77. The van der Waals surface area contributed by atoms with Crippen LogP contribution in [0, 0.1) is 0 Å². The molecule has 1 saturated heterocycles. The number of aromatic nitrogens is 1. The predicted molar refractivity (Wildman–Crippen MR) is 118 cm³/mol. The lowest BCUT2D eigenvalue weighted by molar-refractivity contribution is 0.245. The van der Waals surface area contributed by atoms with E-state index in [1.807, 2.05) is 12.1 Å². The molecule has 0 N–H and O–H groups in total. The van der Waals surface area contributed by atoms with Crippen LogP contribution in [0.1, 0.15) is 5.56 Å². The molecule has 1 aliphatic rings. The third kappa shape index (κ3) is 4.06. The van der Waals surface area contributed by atoms with E-state index < -0.39 is 0 Å². The standard InChI is InChI=1S/C21H25N3O2S2/c1-25-16-4-7-19(26-2)15(12-16)14-23-8-10-24(11-9-23)21-22-18-6-5-17(27-3)13-20(18)28-21/h4-7,12-13H,8-11,14H2,1-3H3. The fraction of sp³-hybridized carbons (Fsp3) is 0.381. The van der Waals surface area contributed by atoms with Crippen LogP contribution in [-0.4, -0.2) is 56.5 Å². The van der Waals surface area contributed by atoms with Gasteiger partial charge in [0.05, 0.1) is 24.4 Å². The molecule has 1 aliphatic heterocycles. The van der Waals surface area contributed by atoms with Crippen molar-refractivity contribution in [1.29, 1.82) is 0 Å². The van der Waals surface area contributed by atoms with E-state index in [2.05, 4.69) is 40.3 Å². The zero-order valence-corrected chi connectivity index (χ0v) is 18.1. The molecule has 0 amide bonds. The minimum Gasteiger partial charge on any atom is -0.497 e. The smallest absolute Gasteiger partial charge is 0.186 e. The molecule has 0 saturated carbocycles. The first-order chi connectivity index (χ1) is 13.7. The van der Waals surface area contributed by atoms with Crippen molar-refractivity contribution in [3.63, 3.8) is 0 Å². The third-order valence-corrected chi connectivity index (χ3v) is 6.91. The number of benzene rings is 2. The van der Waals surface area contributed by atoms with E-state index in [4.69, 9.17) is 14.5 Å². The molecule has 0 radical (unpaired) electrons. The Morgan fingerprint density at radius 1 is 1.04 bits per heavy atom. The molecule has 1 fully saturated rings. The summed E-state index contributed by atoms with van der Waals surface area (Å²) in [5.74, 6) is 1.78. The zero-order chi connectivity index (χ0) is 19.5. The highest BCUT2D eigenvalue weighted by atomic mass is 32.2. The molecule has 0 unspecified atom stereocenters. The number of thiazole rings is 1. The summed E-state index contributed by atoms with van der Waals surface area (Å²) in [5.41, 5.74) is 2.27. The molecule has 148 valence electrons. The maximum atomic E-state index is 5.53. The molecule has 0 bridgehead atoms. The first-order valence-corrected chi connectivity index (χ1v) is 11.4. The van der Waals surface area contributed by atoms with Gasteiger partial charge in [-0.2, -0.15) is 0 Å². The van der Waals surface area contributed by atoms with Crippen LogP contribution in [0.4, 0.5) is 5.13 Å². The fourth-order valence-corrected chi connectivity index (χ4v) is 5.07. The number of hydrogen-bond acceptors (Lipinski definition) is 7. The lowest BCUT2D eigenvalue weighted by Crippen LogP contribution is -2.45. The highest BCUT2D eigenvalue weighted by Crippen LogP contribution is 2.32. The van der Waals surface area contributed by atoms with Crippen LogP contribution in [0.5, 0.6) is 11.5 Å². The van der Waals surface area contributed by atoms with Gasteiger partial charge in [0.25, 0.3) is 0 Å². The van der Waals surface area contributed by atoms with Crippen molar-refractivity contribution in [3.05, 3.63) is 42.0 Å². The van der Waals surface area contributed by atoms with Crippen molar-refractivity contribution < 1.29 is 9.47 Å². The summed E-state index contributed by atoms with van der Waals surface area (Å²) in [5, 5.41) is 1.13. The fourth-order valence-electron chi connectivity index (χ4n) is 3.50. The first-order valence-electron chi connectivity index (χ1n) is 9.33. The summed E-state index contributed by atoms with van der Waals surface area (Å²) in [4.78, 5) is 11.0. The summed E-state index contributed by atoms with van der Waals surface area (Å²) in [6, 6.07) is 12.5. The molecule has 3 aromatic rings. The normalized spacial score (nSPS) is 15.2. The monoisotopic (exact) mass is 415 g/mol. The van der Waals surface area contributed by atoms with Gasteiger partial charge in [0.2, 0.25) is 0 Å². The van der Waals surface area contributed by atoms with E-state index in [1.54, 1.807) is 37.3 Å². The number of methoxy groups -OCH3 is 2. The molecule has 4 rings (SSSR count). The van der Waals surface area contributed by atoms with Gasteiger partial charge in [-0.05, 0) is 42.7 Å². The van der Waals surface area contributed by atoms with Gasteiger partial charge in [-0.1, -0.05) is 11.3 Å². The summed E-state index contributed by atoms with van der Waals surface area (Å²) < 4.78 is 12.2. The van der Waals surface area contributed by atoms with Crippen molar-refractivity contribution in [3.8, 4) is 11.5 Å². The number of fused-ring (bicyclic) bond motifs is 1. The van der Waals surface area contributed by atoms with Crippen LogP contribution < -0.4 is 14.4 Å². The number of rotatable bonds is 6. The molecule has 28 heavy (non-hydrogen) atoms. The lowest BCUT2D eigenvalue weighted by atomic mass is 10.1. The lowest BCUT2D eigenvalue weighted by Gasteiger charge is -2.34. The van der Waals surface area contributed by atoms with Crippen molar-refractivity contribution >= 4 is 38.4 Å². The van der Waals surface area contributed by atoms with Crippen molar-refractivity contribution in [2.45, 2.75) is 11.4 Å². The van der Waals surface area contributed by atoms with Crippen LogP contribution in [0.15, 0.2) is 41.3 Å². The quantitative estimate of drug-likeness (QED) is 0.557. The maximum absolute atomic E-state index is 5.53. The summed E-state index contributed by atoms with van der Waals surface area (Å²) >= 11 is 3.57. The van der Waals surface area contributed by atoms with Gasteiger partial charge in [-0.25, -0.2) is 4.98 Å². The summed E-state index contributed by atoms with van der Waals surface area (Å²) in [6.45, 7) is 4.85. The molecular formula is C21H25N3O2S2. The molecular weight excluding hydrogens is 390 g/mol. The predicted octanol–water partition coefficient (Wildman–Crippen LogP) is 4.36. The van der Waals surface area contributed by atoms with Crippen molar-refractivity contribution in [1.82, 2.24) is 9.88 Å². The van der Waals surface area contributed by atoms with Gasteiger partial charge in [0.1, 0.15) is 11.5 Å². The van der Waals surface area contributed by atoms with Crippen molar-refractivity contribution in [2.75, 3.05) is 51.6 Å². The van der Waals surface area contributed by atoms with Crippen LogP contribution in [0.25, 0.3) is 10.2 Å². The number of anilines is 1. The van der Waals surface area contributed by atoms with Crippen LogP contribution in [0.2, 0.25) is 0 Å². The van der Waals surface area contributed by atoms with Gasteiger partial charge < -0.3 is 14.4 Å². The van der Waals surface area contributed by atoms with Gasteiger partial charge in [-0.3, -0.25) is 4.90 Å². The number of piperazine rings is 1. The highest BCUT2D eigenvalue weighted by molar-refractivity contribution is 7.98. The minimum atomic E-state index is 0.866. The average Bonchev–Trinajstić information content (AvgIpc) is 3.17. The number of nitrogens with zero attached hydrogens (tertiary/aromatic N) is 3. The van der Waals surface area contributed by atoms with Gasteiger partial charge in [0, 0.05) is 43.2 Å². The average molecular weight is 416 g/mol. The van der Waals surface area contributed by atoms with E-state index in [9.17, 15) is 0 Å². The van der Waals surface area contributed by atoms with Crippen LogP contribution >= 0.6 is 23.1 Å². The highest BCUT2D eigenvalue weighted by Gasteiger charge is 2.21. The topological polar surface area (TPSA) is 37.8 Å². The number of thioether (sulfide) groups is 1. The Morgan fingerprint density at radius 3 is 2.57 bits per heavy atom. The van der Waals surface area contributed by atoms with Gasteiger partial charge >= 0.3 is 0 Å². The molecule has 0 spiro atoms. The Morgan fingerprint density at radius 2 is 1.86 bits per heavy atom. The zero-order valence-electron chi connectivity index (χ0n) is 16.5. The molecule has 1 aromatic heterocycles. The van der Waals surface area contributed by atoms with Crippen LogP contribution in [-0.2, 0) is 6.54 Å². The molecule has 2 aromatic carbocycles. The molecule has 5 nitrogen and oxygen atoms in total. The Balaban J connectivity index is 1.42. The second-order valence-corrected chi connectivity index (χ2v) is 8.66. The van der Waals surface area contributed by atoms with E-state index in [0.29, 0.717) is 0 Å². The first kappa shape index (κ1) is 19.4. The molecule has 7 heteroatoms. The van der Waals surface area contributed by atoms with Crippen molar-refractivity contribution in [2.24, 2.45) is 0 Å². The maximum Gasteiger partial charge on any atom is 0.186 e. The van der Waals surface area contributed by atoms with Crippen LogP contribution in [0.3, 0.4) is 0 Å². The van der Waals surface area contributed by atoms with E-state index in [-0.39, 0.29) is 0 Å².